The van der Waals surface area contributed by atoms with Gasteiger partial charge in [0.05, 0.1) is 5.56 Å². The predicted molar refractivity (Wildman–Crippen MR) is 150 cm³/mol. The molecule has 0 bridgehead atoms. The van der Waals surface area contributed by atoms with E-state index in [0.717, 1.165) is 10.9 Å². The van der Waals surface area contributed by atoms with Crippen LogP contribution in [0, 0.1) is 0 Å². The van der Waals surface area contributed by atoms with Gasteiger partial charge in [0, 0.05) is 30.4 Å². The molecule has 0 aliphatic carbocycles. The lowest BCUT2D eigenvalue weighted by Crippen LogP contribution is -2.46. The van der Waals surface area contributed by atoms with Gasteiger partial charge in [-0.2, -0.15) is 0 Å². The second-order valence-electron chi connectivity index (χ2n) is 10.6. The molecule has 2 unspecified atom stereocenters. The van der Waals surface area contributed by atoms with Crippen molar-refractivity contribution < 1.29 is 38.8 Å². The molecule has 0 saturated heterocycles. The Morgan fingerprint density at radius 3 is 2.34 bits per heavy atom. The van der Waals surface area contributed by atoms with Crippen LogP contribution in [0.4, 0.5) is 0 Å². The quantitative estimate of drug-likeness (QED) is 0.152. The molecule has 41 heavy (non-hydrogen) atoms. The van der Waals surface area contributed by atoms with Gasteiger partial charge < -0.3 is 34.9 Å². The molecule has 3 aromatic carbocycles. The number of aliphatic carboxylic acids is 1. The molecule has 5 N–H and O–H groups in total. The van der Waals surface area contributed by atoms with Gasteiger partial charge in [0.1, 0.15) is 28.6 Å². The molecule has 1 aliphatic rings. The van der Waals surface area contributed by atoms with E-state index in [-0.39, 0.29) is 30.0 Å². The number of esters is 1. The zero-order valence-electron chi connectivity index (χ0n) is 22.8. The first kappa shape index (κ1) is 29.2. The fraction of sp³-hybridized carbons (Fsp3) is 0.258. The summed E-state index contributed by atoms with van der Waals surface area (Å²) in [6.45, 7) is 5.06. The molecule has 2 heterocycles. The van der Waals surface area contributed by atoms with E-state index in [1.54, 1.807) is 36.4 Å². The number of hydrogen-bond donors (Lipinski definition) is 4. The SMILES string of the molecule is CC(C)(OC(=O)c1ccccc1)C1Cc2cc3ccc(=O)oc3cc2O1.CC(N)(Cc1ccc(O)c(O)c1)C(=O)O. The number of aromatic hydroxyl groups is 2. The van der Waals surface area contributed by atoms with Crippen LogP contribution in [-0.4, -0.2) is 44.5 Å². The van der Waals surface area contributed by atoms with E-state index in [1.165, 1.54) is 31.2 Å². The van der Waals surface area contributed by atoms with E-state index in [9.17, 15) is 19.5 Å². The molecule has 2 atom stereocenters. The zero-order chi connectivity index (χ0) is 29.9. The van der Waals surface area contributed by atoms with E-state index in [1.807, 2.05) is 26.0 Å². The Kier molecular flexibility index (Phi) is 8.07. The Morgan fingerprint density at radius 2 is 1.68 bits per heavy atom. The highest BCUT2D eigenvalue weighted by molar-refractivity contribution is 5.89. The van der Waals surface area contributed by atoms with E-state index in [0.29, 0.717) is 28.9 Å². The summed E-state index contributed by atoms with van der Waals surface area (Å²) in [7, 11) is 0. The molecule has 214 valence electrons. The van der Waals surface area contributed by atoms with Gasteiger partial charge in [0.2, 0.25) is 0 Å². The van der Waals surface area contributed by atoms with E-state index < -0.39 is 22.7 Å². The van der Waals surface area contributed by atoms with Crippen molar-refractivity contribution in [3.63, 3.8) is 0 Å². The maximum atomic E-state index is 12.4. The number of rotatable bonds is 6. The van der Waals surface area contributed by atoms with Crippen LogP contribution in [0.3, 0.4) is 0 Å². The third-order valence-electron chi connectivity index (χ3n) is 6.72. The van der Waals surface area contributed by atoms with Crippen molar-refractivity contribution in [1.29, 1.82) is 0 Å². The van der Waals surface area contributed by atoms with Gasteiger partial charge in [0.15, 0.2) is 11.5 Å². The molecule has 0 amide bonds. The molecule has 1 aromatic heterocycles. The molecule has 1 aliphatic heterocycles. The molecule has 5 rings (SSSR count). The van der Waals surface area contributed by atoms with Crippen LogP contribution in [0.15, 0.2) is 82.0 Å². The number of nitrogens with two attached hydrogens (primary N) is 1. The summed E-state index contributed by atoms with van der Waals surface area (Å²) in [5.74, 6) is -1.37. The lowest BCUT2D eigenvalue weighted by atomic mass is 9.94. The standard InChI is InChI=1S/C21H18O5.C10H13NO4/c1-21(2,26-20(23)13-6-4-3-5-7-13)18-11-15-10-14-8-9-19(22)25-16(14)12-17(15)24-18;1-10(11,9(14)15)5-6-2-3-7(12)8(13)4-6/h3-10,12,18H,11H2,1-2H3;2-4,12-13H,5,11H2,1H3,(H,14,15). The van der Waals surface area contributed by atoms with Gasteiger partial charge in [-0.15, -0.1) is 0 Å². The van der Waals surface area contributed by atoms with Crippen LogP contribution in [0.25, 0.3) is 11.0 Å². The number of carbonyl (C=O) groups excluding carboxylic acids is 1. The average Bonchev–Trinajstić information content (AvgIpc) is 3.34. The molecule has 0 fully saturated rings. The van der Waals surface area contributed by atoms with Crippen molar-refractivity contribution in [3.8, 4) is 17.2 Å². The molecule has 10 heteroatoms. The normalized spacial score (nSPS) is 15.6. The van der Waals surface area contributed by atoms with Crippen LogP contribution in [-0.2, 0) is 22.4 Å². The maximum absolute atomic E-state index is 12.4. The van der Waals surface area contributed by atoms with Gasteiger partial charge in [-0.1, -0.05) is 24.3 Å². The Morgan fingerprint density at radius 1 is 0.976 bits per heavy atom. The first-order valence-electron chi connectivity index (χ1n) is 12.8. The third kappa shape index (κ3) is 6.85. The van der Waals surface area contributed by atoms with Crippen LogP contribution >= 0.6 is 0 Å². The zero-order valence-corrected chi connectivity index (χ0v) is 22.8. The van der Waals surface area contributed by atoms with Gasteiger partial charge in [-0.3, -0.25) is 4.79 Å². The first-order valence-corrected chi connectivity index (χ1v) is 12.8. The Bertz CT molecular complexity index is 1640. The topological polar surface area (TPSA) is 170 Å². The minimum Gasteiger partial charge on any atom is -0.504 e. The van der Waals surface area contributed by atoms with Gasteiger partial charge in [-0.25, -0.2) is 9.59 Å². The highest BCUT2D eigenvalue weighted by atomic mass is 16.6. The van der Waals surface area contributed by atoms with E-state index >= 15 is 0 Å². The first-order chi connectivity index (χ1) is 19.2. The summed E-state index contributed by atoms with van der Waals surface area (Å²) in [6, 6.07) is 19.8. The number of hydrogen-bond acceptors (Lipinski definition) is 9. The largest absolute Gasteiger partial charge is 0.504 e. The Labute approximate surface area is 235 Å². The summed E-state index contributed by atoms with van der Waals surface area (Å²) in [5.41, 5.74) is 5.47. The average molecular weight is 562 g/mol. The van der Waals surface area contributed by atoms with Crippen molar-refractivity contribution in [2.45, 2.75) is 50.9 Å². The van der Waals surface area contributed by atoms with Crippen LogP contribution in [0.5, 0.6) is 17.2 Å². The van der Waals surface area contributed by atoms with Gasteiger partial charge in [-0.05, 0) is 68.3 Å². The second kappa shape index (κ2) is 11.3. The summed E-state index contributed by atoms with van der Waals surface area (Å²) in [6.07, 6.45) is 0.365. The monoisotopic (exact) mass is 561 g/mol. The number of carboxylic acid groups (broad SMARTS) is 1. The number of phenolic OH excluding ortho intramolecular Hbond substituents is 2. The number of benzene rings is 3. The highest BCUT2D eigenvalue weighted by Gasteiger charge is 2.40. The van der Waals surface area contributed by atoms with Gasteiger partial charge in [0.25, 0.3) is 0 Å². The predicted octanol–water partition coefficient (Wildman–Crippen LogP) is 4.17. The highest BCUT2D eigenvalue weighted by Crippen LogP contribution is 2.37. The number of carbonyl (C=O) groups is 2. The van der Waals surface area contributed by atoms with Crippen molar-refractivity contribution in [2.75, 3.05) is 0 Å². The Hall–Kier alpha value is -4.83. The van der Waals surface area contributed by atoms with Crippen molar-refractivity contribution >= 4 is 22.9 Å². The third-order valence-corrected chi connectivity index (χ3v) is 6.72. The summed E-state index contributed by atoms with van der Waals surface area (Å²) in [4.78, 5) is 34.5. The second-order valence-corrected chi connectivity index (χ2v) is 10.6. The smallest absolute Gasteiger partial charge is 0.338 e. The molecule has 0 spiro atoms. The number of ether oxygens (including phenoxy) is 2. The molecule has 0 saturated carbocycles. The van der Waals surface area contributed by atoms with Crippen LogP contribution in [0.2, 0.25) is 0 Å². The summed E-state index contributed by atoms with van der Waals surface area (Å²) in [5, 5.41) is 27.9. The summed E-state index contributed by atoms with van der Waals surface area (Å²) < 4.78 is 16.9. The lowest BCUT2D eigenvalue weighted by molar-refractivity contribution is -0.142. The molecular weight excluding hydrogens is 530 g/mol. The van der Waals surface area contributed by atoms with Gasteiger partial charge >= 0.3 is 17.6 Å². The van der Waals surface area contributed by atoms with Crippen molar-refractivity contribution in [1.82, 2.24) is 0 Å². The summed E-state index contributed by atoms with van der Waals surface area (Å²) >= 11 is 0. The van der Waals surface area contributed by atoms with Crippen LogP contribution in [0.1, 0.15) is 42.3 Å². The number of carboxylic acids is 1. The fourth-order valence-corrected chi connectivity index (χ4v) is 4.31. The fourth-order valence-electron chi connectivity index (χ4n) is 4.31. The van der Waals surface area contributed by atoms with E-state index in [4.69, 9.17) is 29.8 Å². The number of fused-ring (bicyclic) bond motifs is 2. The molecule has 0 radical (unpaired) electrons. The van der Waals surface area contributed by atoms with Crippen molar-refractivity contribution in [3.05, 3.63) is 99.9 Å². The van der Waals surface area contributed by atoms with Crippen LogP contribution < -0.4 is 16.1 Å². The molecule has 4 aromatic rings. The minimum atomic E-state index is -1.39. The Balaban J connectivity index is 0.000000221. The lowest BCUT2D eigenvalue weighted by Gasteiger charge is -2.30. The van der Waals surface area contributed by atoms with Crippen molar-refractivity contribution in [2.24, 2.45) is 5.73 Å². The number of phenols is 2. The maximum Gasteiger partial charge on any atom is 0.338 e. The molecule has 10 nitrogen and oxygen atoms in total. The molecular formula is C31H31NO9. The van der Waals surface area contributed by atoms with E-state index in [2.05, 4.69) is 0 Å². The minimum absolute atomic E-state index is 0.0795.